The normalized spacial score (nSPS) is 19.6. The van der Waals surface area contributed by atoms with Gasteiger partial charge in [0.25, 0.3) is 0 Å². The van der Waals surface area contributed by atoms with Crippen molar-refractivity contribution in [2.75, 3.05) is 39.4 Å². The van der Waals surface area contributed by atoms with Crippen LogP contribution in [-0.4, -0.2) is 49.4 Å². The predicted octanol–water partition coefficient (Wildman–Crippen LogP) is 1.66. The van der Waals surface area contributed by atoms with Crippen LogP contribution in [0, 0.1) is 5.92 Å². The SMILES string of the molecule is NCCc1ccc(OCCN2CCCC(CCO)C2)cc1. The van der Waals surface area contributed by atoms with Crippen molar-refractivity contribution in [2.24, 2.45) is 11.7 Å². The highest BCUT2D eigenvalue weighted by atomic mass is 16.5. The van der Waals surface area contributed by atoms with E-state index in [9.17, 15) is 0 Å². The van der Waals surface area contributed by atoms with E-state index in [2.05, 4.69) is 17.0 Å². The Morgan fingerprint density at radius 2 is 2.10 bits per heavy atom. The Kier molecular flexibility index (Phi) is 7.00. The highest BCUT2D eigenvalue weighted by Gasteiger charge is 2.18. The van der Waals surface area contributed by atoms with Crippen molar-refractivity contribution < 1.29 is 9.84 Å². The van der Waals surface area contributed by atoms with Crippen LogP contribution in [0.5, 0.6) is 5.75 Å². The number of benzene rings is 1. The molecule has 0 spiro atoms. The van der Waals surface area contributed by atoms with Gasteiger partial charge >= 0.3 is 0 Å². The first-order chi connectivity index (χ1) is 10.3. The van der Waals surface area contributed by atoms with Crippen molar-refractivity contribution in [2.45, 2.75) is 25.7 Å². The third kappa shape index (κ3) is 5.65. The summed E-state index contributed by atoms with van der Waals surface area (Å²) in [5.41, 5.74) is 6.80. The molecule has 0 aromatic heterocycles. The topological polar surface area (TPSA) is 58.7 Å². The van der Waals surface area contributed by atoms with E-state index in [4.69, 9.17) is 15.6 Å². The maximum absolute atomic E-state index is 9.04. The second-order valence-electron chi connectivity index (χ2n) is 5.85. The van der Waals surface area contributed by atoms with Gasteiger partial charge in [0.05, 0.1) is 0 Å². The Hall–Kier alpha value is -1.10. The fourth-order valence-corrected chi connectivity index (χ4v) is 2.98. The fourth-order valence-electron chi connectivity index (χ4n) is 2.98. The number of piperidine rings is 1. The van der Waals surface area contributed by atoms with Gasteiger partial charge in [0, 0.05) is 19.7 Å². The van der Waals surface area contributed by atoms with E-state index >= 15 is 0 Å². The van der Waals surface area contributed by atoms with Crippen LogP contribution in [0.1, 0.15) is 24.8 Å². The molecular weight excluding hydrogens is 264 g/mol. The van der Waals surface area contributed by atoms with Crippen LogP contribution in [0.3, 0.4) is 0 Å². The zero-order chi connectivity index (χ0) is 14.9. The second-order valence-corrected chi connectivity index (χ2v) is 5.85. The molecule has 4 heteroatoms. The molecule has 1 aliphatic rings. The Morgan fingerprint density at radius 1 is 1.29 bits per heavy atom. The third-order valence-electron chi connectivity index (χ3n) is 4.17. The Morgan fingerprint density at radius 3 is 2.81 bits per heavy atom. The molecule has 1 saturated heterocycles. The van der Waals surface area contributed by atoms with Gasteiger partial charge < -0.3 is 15.6 Å². The van der Waals surface area contributed by atoms with Crippen molar-refractivity contribution in [3.8, 4) is 5.75 Å². The zero-order valence-electron chi connectivity index (χ0n) is 12.8. The first-order valence-electron chi connectivity index (χ1n) is 8.07. The molecule has 0 aliphatic carbocycles. The number of nitrogens with zero attached hydrogens (tertiary/aromatic N) is 1. The number of hydrogen-bond donors (Lipinski definition) is 2. The molecule has 2 rings (SSSR count). The molecule has 1 atom stereocenters. The summed E-state index contributed by atoms with van der Waals surface area (Å²) in [7, 11) is 0. The summed E-state index contributed by atoms with van der Waals surface area (Å²) < 4.78 is 5.81. The van der Waals surface area contributed by atoms with Crippen molar-refractivity contribution in [1.29, 1.82) is 0 Å². The summed E-state index contributed by atoms with van der Waals surface area (Å²) in [5, 5.41) is 9.04. The number of hydrogen-bond acceptors (Lipinski definition) is 4. The summed E-state index contributed by atoms with van der Waals surface area (Å²) in [5.74, 6) is 1.58. The van der Waals surface area contributed by atoms with Crippen molar-refractivity contribution in [3.05, 3.63) is 29.8 Å². The smallest absolute Gasteiger partial charge is 0.119 e. The van der Waals surface area contributed by atoms with E-state index < -0.39 is 0 Å². The lowest BCUT2D eigenvalue weighted by molar-refractivity contribution is 0.129. The first kappa shape index (κ1) is 16.3. The zero-order valence-corrected chi connectivity index (χ0v) is 12.8. The van der Waals surface area contributed by atoms with Crippen LogP contribution >= 0.6 is 0 Å². The number of aliphatic hydroxyl groups is 1. The maximum atomic E-state index is 9.04. The van der Waals surface area contributed by atoms with E-state index in [0.29, 0.717) is 19.1 Å². The number of likely N-dealkylation sites (tertiary alicyclic amines) is 1. The summed E-state index contributed by atoms with van der Waals surface area (Å²) in [4.78, 5) is 2.45. The lowest BCUT2D eigenvalue weighted by Gasteiger charge is -2.32. The van der Waals surface area contributed by atoms with Gasteiger partial charge in [0.1, 0.15) is 12.4 Å². The van der Waals surface area contributed by atoms with Crippen LogP contribution < -0.4 is 10.5 Å². The molecule has 1 fully saturated rings. The van der Waals surface area contributed by atoms with E-state index in [1.807, 2.05) is 12.1 Å². The van der Waals surface area contributed by atoms with Crippen LogP contribution in [0.2, 0.25) is 0 Å². The molecule has 0 bridgehead atoms. The number of ether oxygens (including phenoxy) is 1. The molecule has 118 valence electrons. The van der Waals surface area contributed by atoms with Gasteiger partial charge in [-0.15, -0.1) is 0 Å². The lowest BCUT2D eigenvalue weighted by Crippen LogP contribution is -2.38. The minimum Gasteiger partial charge on any atom is -0.492 e. The highest BCUT2D eigenvalue weighted by Crippen LogP contribution is 2.19. The maximum Gasteiger partial charge on any atom is 0.119 e. The molecule has 1 heterocycles. The van der Waals surface area contributed by atoms with E-state index in [1.165, 1.54) is 18.4 Å². The molecule has 1 aromatic carbocycles. The number of nitrogens with two attached hydrogens (primary N) is 1. The Balaban J connectivity index is 1.68. The molecule has 0 radical (unpaired) electrons. The van der Waals surface area contributed by atoms with Crippen molar-refractivity contribution in [3.63, 3.8) is 0 Å². The molecule has 1 aliphatic heterocycles. The Labute approximate surface area is 127 Å². The minimum atomic E-state index is 0.310. The standard InChI is InChI=1S/C17H28N2O2/c18-9-7-15-3-5-17(6-4-15)21-13-11-19-10-1-2-16(14-19)8-12-20/h3-6,16,20H,1-2,7-14,18H2. The van der Waals surface area contributed by atoms with Crippen LogP contribution in [0.4, 0.5) is 0 Å². The summed E-state index contributed by atoms with van der Waals surface area (Å²) in [6, 6.07) is 8.21. The summed E-state index contributed by atoms with van der Waals surface area (Å²) in [6.07, 6.45) is 4.33. The second kappa shape index (κ2) is 9.03. The van der Waals surface area contributed by atoms with Crippen LogP contribution in [0.15, 0.2) is 24.3 Å². The minimum absolute atomic E-state index is 0.310. The van der Waals surface area contributed by atoms with E-state index in [0.717, 1.165) is 44.8 Å². The Bertz CT molecular complexity index is 392. The monoisotopic (exact) mass is 292 g/mol. The summed E-state index contributed by atoms with van der Waals surface area (Å²) in [6.45, 7) is 4.93. The van der Waals surface area contributed by atoms with Gasteiger partial charge in [-0.1, -0.05) is 12.1 Å². The molecule has 4 nitrogen and oxygen atoms in total. The summed E-state index contributed by atoms with van der Waals surface area (Å²) >= 11 is 0. The van der Waals surface area contributed by atoms with Gasteiger partial charge in [0.2, 0.25) is 0 Å². The van der Waals surface area contributed by atoms with Gasteiger partial charge in [-0.25, -0.2) is 0 Å². The average Bonchev–Trinajstić information content (AvgIpc) is 2.50. The molecule has 21 heavy (non-hydrogen) atoms. The van der Waals surface area contributed by atoms with Crippen molar-refractivity contribution in [1.82, 2.24) is 4.90 Å². The molecular formula is C17H28N2O2. The molecule has 0 saturated carbocycles. The molecule has 1 aromatic rings. The highest BCUT2D eigenvalue weighted by molar-refractivity contribution is 5.27. The van der Waals surface area contributed by atoms with E-state index in [1.54, 1.807) is 0 Å². The predicted molar refractivity (Wildman–Crippen MR) is 85.6 cm³/mol. The third-order valence-corrected chi connectivity index (χ3v) is 4.17. The quantitative estimate of drug-likeness (QED) is 0.765. The van der Waals surface area contributed by atoms with E-state index in [-0.39, 0.29) is 0 Å². The fraction of sp³-hybridized carbons (Fsp3) is 0.647. The van der Waals surface area contributed by atoms with Crippen LogP contribution in [0.25, 0.3) is 0 Å². The van der Waals surface area contributed by atoms with Gasteiger partial charge in [-0.05, 0) is 62.4 Å². The molecule has 1 unspecified atom stereocenters. The lowest BCUT2D eigenvalue weighted by atomic mass is 9.95. The van der Waals surface area contributed by atoms with Gasteiger partial charge in [-0.3, -0.25) is 4.90 Å². The molecule has 3 N–H and O–H groups in total. The number of aliphatic hydroxyl groups excluding tert-OH is 1. The van der Waals surface area contributed by atoms with Gasteiger partial charge in [0.15, 0.2) is 0 Å². The largest absolute Gasteiger partial charge is 0.492 e. The van der Waals surface area contributed by atoms with Crippen LogP contribution in [-0.2, 0) is 6.42 Å². The van der Waals surface area contributed by atoms with Gasteiger partial charge in [-0.2, -0.15) is 0 Å². The van der Waals surface area contributed by atoms with Crippen molar-refractivity contribution >= 4 is 0 Å². The first-order valence-corrected chi connectivity index (χ1v) is 8.07. The number of rotatable bonds is 8. The molecule has 0 amide bonds. The average molecular weight is 292 g/mol.